The van der Waals surface area contributed by atoms with Gasteiger partial charge in [0.2, 0.25) is 5.91 Å². The van der Waals surface area contributed by atoms with E-state index in [9.17, 15) is 9.59 Å². The standard InChI is InChI=1S/C15H22N2O3S/c1-20-15(19)14-12(7-10-21-14)16-13(18)11-17-8-5-3-2-4-6-9-17/h7,10H,2-6,8-9,11H2,1H3,(H,16,18). The first-order valence-corrected chi connectivity index (χ1v) is 8.26. The first-order chi connectivity index (χ1) is 10.2. The highest BCUT2D eigenvalue weighted by atomic mass is 32.1. The quantitative estimate of drug-likeness (QED) is 0.869. The molecule has 0 aromatic carbocycles. The Kier molecular flexibility index (Phi) is 6.20. The monoisotopic (exact) mass is 310 g/mol. The third-order valence-electron chi connectivity index (χ3n) is 3.63. The number of ether oxygens (including phenoxy) is 1. The van der Waals surface area contributed by atoms with Gasteiger partial charge in [0.15, 0.2) is 0 Å². The second-order valence-corrected chi connectivity index (χ2v) is 6.16. The van der Waals surface area contributed by atoms with Crippen LogP contribution in [0, 0.1) is 0 Å². The summed E-state index contributed by atoms with van der Waals surface area (Å²) in [5, 5.41) is 4.59. The maximum Gasteiger partial charge on any atom is 0.350 e. The summed E-state index contributed by atoms with van der Waals surface area (Å²) < 4.78 is 4.71. The third kappa shape index (κ3) is 4.82. The van der Waals surface area contributed by atoms with Gasteiger partial charge in [-0.2, -0.15) is 0 Å². The molecule has 1 aromatic heterocycles. The van der Waals surface area contributed by atoms with Crippen molar-refractivity contribution in [2.45, 2.75) is 32.1 Å². The molecule has 1 amide bonds. The number of carbonyl (C=O) groups excluding carboxylic acids is 2. The van der Waals surface area contributed by atoms with E-state index in [2.05, 4.69) is 10.2 Å². The maximum absolute atomic E-state index is 12.1. The fourth-order valence-corrected chi connectivity index (χ4v) is 3.29. The molecule has 2 rings (SSSR count). The summed E-state index contributed by atoms with van der Waals surface area (Å²) in [5.74, 6) is -0.481. The lowest BCUT2D eigenvalue weighted by atomic mass is 10.1. The minimum Gasteiger partial charge on any atom is -0.465 e. The van der Waals surface area contributed by atoms with Gasteiger partial charge in [0.1, 0.15) is 4.88 Å². The van der Waals surface area contributed by atoms with E-state index in [0.717, 1.165) is 25.9 Å². The van der Waals surface area contributed by atoms with Gasteiger partial charge >= 0.3 is 5.97 Å². The Labute approximate surface area is 129 Å². The zero-order valence-electron chi connectivity index (χ0n) is 12.4. The SMILES string of the molecule is COC(=O)c1sccc1NC(=O)CN1CCCCCCC1. The Morgan fingerprint density at radius 1 is 1.24 bits per heavy atom. The number of methoxy groups -OCH3 is 1. The average Bonchev–Trinajstić information content (AvgIpc) is 2.89. The van der Waals surface area contributed by atoms with Crippen LogP contribution in [0.5, 0.6) is 0 Å². The van der Waals surface area contributed by atoms with Crippen molar-refractivity contribution in [1.29, 1.82) is 0 Å². The van der Waals surface area contributed by atoms with E-state index in [1.54, 1.807) is 11.4 Å². The molecule has 5 nitrogen and oxygen atoms in total. The number of rotatable bonds is 4. The average molecular weight is 310 g/mol. The second kappa shape index (κ2) is 8.14. The third-order valence-corrected chi connectivity index (χ3v) is 4.52. The number of esters is 1. The molecule has 1 aromatic rings. The molecule has 0 saturated carbocycles. The molecule has 0 unspecified atom stereocenters. The minimum atomic E-state index is -0.411. The molecule has 2 heterocycles. The van der Waals surface area contributed by atoms with E-state index < -0.39 is 5.97 Å². The molecular formula is C15H22N2O3S. The molecule has 1 aliphatic rings. The predicted octanol–water partition coefficient (Wildman–Crippen LogP) is 2.74. The van der Waals surface area contributed by atoms with Crippen LogP contribution in [0.15, 0.2) is 11.4 Å². The predicted molar refractivity (Wildman–Crippen MR) is 83.8 cm³/mol. The molecule has 0 radical (unpaired) electrons. The smallest absolute Gasteiger partial charge is 0.350 e. The zero-order chi connectivity index (χ0) is 15.1. The highest BCUT2D eigenvalue weighted by molar-refractivity contribution is 7.12. The van der Waals surface area contributed by atoms with Gasteiger partial charge in [0.05, 0.1) is 19.3 Å². The lowest BCUT2D eigenvalue weighted by Crippen LogP contribution is -2.35. The second-order valence-electron chi connectivity index (χ2n) is 5.25. The van der Waals surface area contributed by atoms with Crippen molar-refractivity contribution in [3.8, 4) is 0 Å². The lowest BCUT2D eigenvalue weighted by Gasteiger charge is -2.23. The normalized spacial score (nSPS) is 16.8. The van der Waals surface area contributed by atoms with Gasteiger partial charge in [-0.3, -0.25) is 9.69 Å². The van der Waals surface area contributed by atoms with Crippen LogP contribution in [0.25, 0.3) is 0 Å². The van der Waals surface area contributed by atoms with Crippen molar-refractivity contribution < 1.29 is 14.3 Å². The Morgan fingerprint density at radius 2 is 1.90 bits per heavy atom. The van der Waals surface area contributed by atoms with E-state index in [4.69, 9.17) is 4.74 Å². The van der Waals surface area contributed by atoms with E-state index in [1.807, 2.05) is 0 Å². The van der Waals surface area contributed by atoms with Crippen molar-refractivity contribution in [2.75, 3.05) is 32.1 Å². The van der Waals surface area contributed by atoms with Gasteiger partial charge in [-0.1, -0.05) is 19.3 Å². The Hall–Kier alpha value is -1.40. The summed E-state index contributed by atoms with van der Waals surface area (Å²) in [6.45, 7) is 2.33. The number of amides is 1. The fourth-order valence-electron chi connectivity index (χ4n) is 2.52. The molecule has 1 N–H and O–H groups in total. The van der Waals surface area contributed by atoms with Gasteiger partial charge in [-0.15, -0.1) is 11.3 Å². The minimum absolute atomic E-state index is 0.0703. The van der Waals surface area contributed by atoms with Crippen molar-refractivity contribution in [3.05, 3.63) is 16.3 Å². The van der Waals surface area contributed by atoms with Gasteiger partial charge in [0.25, 0.3) is 0 Å². The molecule has 116 valence electrons. The van der Waals surface area contributed by atoms with E-state index >= 15 is 0 Å². The van der Waals surface area contributed by atoms with E-state index in [0.29, 0.717) is 17.1 Å². The van der Waals surface area contributed by atoms with Crippen LogP contribution < -0.4 is 5.32 Å². The topological polar surface area (TPSA) is 58.6 Å². The van der Waals surface area contributed by atoms with Crippen LogP contribution in [0.2, 0.25) is 0 Å². The van der Waals surface area contributed by atoms with Gasteiger partial charge in [-0.05, 0) is 37.4 Å². The van der Waals surface area contributed by atoms with Gasteiger partial charge in [-0.25, -0.2) is 4.79 Å². The summed E-state index contributed by atoms with van der Waals surface area (Å²) in [6, 6.07) is 1.74. The molecule has 21 heavy (non-hydrogen) atoms. The van der Waals surface area contributed by atoms with E-state index in [-0.39, 0.29) is 5.91 Å². The fraction of sp³-hybridized carbons (Fsp3) is 0.600. The van der Waals surface area contributed by atoms with Crippen molar-refractivity contribution in [3.63, 3.8) is 0 Å². The molecular weight excluding hydrogens is 288 g/mol. The van der Waals surface area contributed by atoms with Crippen LogP contribution in [0.3, 0.4) is 0 Å². The van der Waals surface area contributed by atoms with E-state index in [1.165, 1.54) is 37.7 Å². The molecule has 0 atom stereocenters. The summed E-state index contributed by atoms with van der Waals surface area (Å²) >= 11 is 1.27. The van der Waals surface area contributed by atoms with Crippen LogP contribution in [-0.2, 0) is 9.53 Å². The van der Waals surface area contributed by atoms with Gasteiger partial charge in [0, 0.05) is 0 Å². The van der Waals surface area contributed by atoms with Crippen LogP contribution >= 0.6 is 11.3 Å². The molecule has 6 heteroatoms. The van der Waals surface area contributed by atoms with Crippen LogP contribution in [0.1, 0.15) is 41.8 Å². The first-order valence-electron chi connectivity index (χ1n) is 7.38. The number of nitrogens with one attached hydrogen (secondary N) is 1. The number of anilines is 1. The molecule has 1 aliphatic heterocycles. The van der Waals surface area contributed by atoms with Crippen molar-refractivity contribution >= 4 is 28.9 Å². The van der Waals surface area contributed by atoms with Gasteiger partial charge < -0.3 is 10.1 Å². The molecule has 1 fully saturated rings. The van der Waals surface area contributed by atoms with Crippen LogP contribution in [0.4, 0.5) is 5.69 Å². The molecule has 1 saturated heterocycles. The van der Waals surface area contributed by atoms with Crippen molar-refractivity contribution in [2.24, 2.45) is 0 Å². The van der Waals surface area contributed by atoms with Crippen molar-refractivity contribution in [1.82, 2.24) is 4.90 Å². The highest BCUT2D eigenvalue weighted by Gasteiger charge is 2.17. The Balaban J connectivity index is 1.89. The number of thiophene rings is 1. The number of hydrogen-bond acceptors (Lipinski definition) is 5. The Bertz CT molecular complexity index is 479. The largest absolute Gasteiger partial charge is 0.465 e. The maximum atomic E-state index is 12.1. The number of hydrogen-bond donors (Lipinski definition) is 1. The number of nitrogens with zero attached hydrogens (tertiary/aromatic N) is 1. The molecule has 0 bridgehead atoms. The summed E-state index contributed by atoms with van der Waals surface area (Å²) in [7, 11) is 1.34. The number of carbonyl (C=O) groups is 2. The zero-order valence-corrected chi connectivity index (χ0v) is 13.2. The molecule has 0 spiro atoms. The lowest BCUT2D eigenvalue weighted by molar-refractivity contribution is -0.117. The summed E-state index contributed by atoms with van der Waals surface area (Å²) in [4.78, 5) is 26.4. The first kappa shape index (κ1) is 16.0. The summed E-state index contributed by atoms with van der Waals surface area (Å²) in [6.07, 6.45) is 6.10. The van der Waals surface area contributed by atoms with Crippen LogP contribution in [-0.4, -0.2) is 43.5 Å². The number of likely N-dealkylation sites (tertiary alicyclic amines) is 1. The summed E-state index contributed by atoms with van der Waals surface area (Å²) in [5.41, 5.74) is 0.545. The molecule has 0 aliphatic carbocycles. The highest BCUT2D eigenvalue weighted by Crippen LogP contribution is 2.23. The Morgan fingerprint density at radius 3 is 2.57 bits per heavy atom.